The van der Waals surface area contributed by atoms with Gasteiger partial charge in [0.25, 0.3) is 0 Å². The van der Waals surface area contributed by atoms with Gasteiger partial charge in [0.15, 0.2) is 0 Å². The molecule has 2 aromatic rings. The average Bonchev–Trinajstić information content (AvgIpc) is 2.63. The number of rotatable bonds is 4. The first-order valence-electron chi connectivity index (χ1n) is 7.41. The van der Waals surface area contributed by atoms with E-state index in [1.54, 1.807) is 0 Å². The number of amides is 1. The molecule has 0 heterocycles. The van der Waals surface area contributed by atoms with Crippen LogP contribution >= 0.6 is 0 Å². The predicted octanol–water partition coefficient (Wildman–Crippen LogP) is 2.89. The summed E-state index contributed by atoms with van der Waals surface area (Å²) in [4.78, 5) is 23.0. The van der Waals surface area contributed by atoms with Crippen molar-refractivity contribution in [3.8, 4) is 11.8 Å². The summed E-state index contributed by atoms with van der Waals surface area (Å²) in [5.74, 6) is 4.08. The molecule has 1 N–H and O–H groups in total. The summed E-state index contributed by atoms with van der Waals surface area (Å²) in [6, 6.07) is 12.9. The number of nitrogens with one attached hydrogen (secondary N) is 1. The zero-order valence-electron chi connectivity index (χ0n) is 13.5. The predicted molar refractivity (Wildman–Crippen MR) is 89.2 cm³/mol. The minimum atomic E-state index is -0.648. The number of alkyl carbamates (subject to hydrolysis) is 1. The van der Waals surface area contributed by atoms with Gasteiger partial charge in [-0.15, -0.1) is 0 Å². The van der Waals surface area contributed by atoms with Crippen molar-refractivity contribution in [1.29, 1.82) is 0 Å². The average molecular weight is 341 g/mol. The van der Waals surface area contributed by atoms with Crippen LogP contribution in [0.25, 0.3) is 0 Å². The minimum Gasteiger partial charge on any atom is -0.465 e. The van der Waals surface area contributed by atoms with Crippen LogP contribution in [0.2, 0.25) is 0 Å². The Bertz CT molecular complexity index is 809. The summed E-state index contributed by atoms with van der Waals surface area (Å²) in [5.41, 5.74) is 1.25. The van der Waals surface area contributed by atoms with Gasteiger partial charge >= 0.3 is 12.1 Å². The zero-order chi connectivity index (χ0) is 18.1. The number of hydrogen-bond acceptors (Lipinski definition) is 4. The summed E-state index contributed by atoms with van der Waals surface area (Å²) < 4.78 is 23.0. The van der Waals surface area contributed by atoms with Crippen molar-refractivity contribution in [3.63, 3.8) is 0 Å². The van der Waals surface area contributed by atoms with Crippen molar-refractivity contribution >= 4 is 12.1 Å². The lowest BCUT2D eigenvalue weighted by molar-refractivity contribution is 0.0600. The third-order valence-electron chi connectivity index (χ3n) is 3.09. The van der Waals surface area contributed by atoms with Gasteiger partial charge in [0.05, 0.1) is 19.2 Å². The molecule has 0 atom stereocenters. The number of benzene rings is 2. The highest BCUT2D eigenvalue weighted by Gasteiger charge is 2.08. The van der Waals surface area contributed by atoms with Gasteiger partial charge in [-0.05, 0) is 23.8 Å². The van der Waals surface area contributed by atoms with Gasteiger partial charge in [0.2, 0.25) is 0 Å². The number of halogens is 1. The molecule has 1 amide bonds. The first-order chi connectivity index (χ1) is 12.1. The lowest BCUT2D eigenvalue weighted by Crippen LogP contribution is -2.24. The molecule has 6 heteroatoms. The second-order valence-corrected chi connectivity index (χ2v) is 4.94. The molecule has 0 aromatic heterocycles. The fourth-order valence-electron chi connectivity index (χ4n) is 1.93. The van der Waals surface area contributed by atoms with Gasteiger partial charge in [-0.25, -0.2) is 14.0 Å². The SMILES string of the molecule is COC(=O)c1cc(F)cc(C#CCNC(=O)OCc2ccccc2)c1. The van der Waals surface area contributed by atoms with Gasteiger partial charge in [0, 0.05) is 5.56 Å². The van der Waals surface area contributed by atoms with Crippen LogP contribution in [0.15, 0.2) is 48.5 Å². The number of carbonyl (C=O) groups excluding carboxylic acids is 2. The highest BCUT2D eigenvalue weighted by molar-refractivity contribution is 5.89. The summed E-state index contributed by atoms with van der Waals surface area (Å²) in [7, 11) is 1.21. The van der Waals surface area contributed by atoms with Crippen LogP contribution in [0.4, 0.5) is 9.18 Å². The molecule has 128 valence electrons. The van der Waals surface area contributed by atoms with E-state index in [1.807, 2.05) is 30.3 Å². The molecule has 0 saturated carbocycles. The van der Waals surface area contributed by atoms with E-state index in [4.69, 9.17) is 4.74 Å². The fourth-order valence-corrected chi connectivity index (χ4v) is 1.93. The standard InChI is InChI=1S/C19H16FNO4/c1-24-18(22)16-10-15(11-17(20)12-16)8-5-9-21-19(23)25-13-14-6-3-2-4-7-14/h2-4,6-7,10-12H,9,13H2,1H3,(H,21,23). The van der Waals surface area contributed by atoms with E-state index < -0.39 is 17.9 Å². The molecule has 2 rings (SSSR count). The maximum Gasteiger partial charge on any atom is 0.408 e. The zero-order valence-corrected chi connectivity index (χ0v) is 13.5. The minimum absolute atomic E-state index is 0.0255. The third kappa shape index (κ3) is 5.99. The van der Waals surface area contributed by atoms with Gasteiger partial charge in [-0.1, -0.05) is 42.2 Å². The maximum atomic E-state index is 13.5. The molecular weight excluding hydrogens is 325 g/mol. The Hall–Kier alpha value is -3.33. The van der Waals surface area contributed by atoms with Crippen LogP contribution in [0.1, 0.15) is 21.5 Å². The summed E-state index contributed by atoms with van der Waals surface area (Å²) in [6.07, 6.45) is -0.604. The van der Waals surface area contributed by atoms with E-state index in [1.165, 1.54) is 19.2 Å². The van der Waals surface area contributed by atoms with Crippen LogP contribution in [0, 0.1) is 17.7 Å². The van der Waals surface area contributed by atoms with Gasteiger partial charge in [-0.2, -0.15) is 0 Å². The molecule has 0 aliphatic heterocycles. The van der Waals surface area contributed by atoms with Crippen LogP contribution in [-0.2, 0) is 16.1 Å². The quantitative estimate of drug-likeness (QED) is 0.686. The molecular formula is C19H16FNO4. The maximum absolute atomic E-state index is 13.5. The Morgan fingerprint density at radius 3 is 2.64 bits per heavy atom. The molecule has 0 saturated heterocycles. The van der Waals surface area contributed by atoms with Crippen LogP contribution < -0.4 is 5.32 Å². The number of esters is 1. The van der Waals surface area contributed by atoms with E-state index in [0.29, 0.717) is 5.56 Å². The summed E-state index contributed by atoms with van der Waals surface area (Å²) in [6.45, 7) is 0.185. The van der Waals surface area contributed by atoms with Crippen molar-refractivity contribution in [1.82, 2.24) is 5.32 Å². The largest absolute Gasteiger partial charge is 0.465 e. The molecule has 0 unspecified atom stereocenters. The molecule has 0 fully saturated rings. The third-order valence-corrected chi connectivity index (χ3v) is 3.09. The van der Waals surface area contributed by atoms with E-state index in [2.05, 4.69) is 21.9 Å². The van der Waals surface area contributed by atoms with Crippen molar-refractivity contribution < 1.29 is 23.5 Å². The van der Waals surface area contributed by atoms with Gasteiger partial charge in [-0.3, -0.25) is 0 Å². The number of ether oxygens (including phenoxy) is 2. The lowest BCUT2D eigenvalue weighted by Gasteiger charge is -2.04. The van der Waals surface area contributed by atoms with Gasteiger partial charge in [0.1, 0.15) is 12.4 Å². The number of hydrogen-bond donors (Lipinski definition) is 1. The van der Waals surface area contributed by atoms with Crippen LogP contribution in [0.3, 0.4) is 0 Å². The van der Waals surface area contributed by atoms with Gasteiger partial charge < -0.3 is 14.8 Å². The highest BCUT2D eigenvalue weighted by atomic mass is 19.1. The molecule has 0 aliphatic carbocycles. The molecule has 2 aromatic carbocycles. The first-order valence-corrected chi connectivity index (χ1v) is 7.41. The van der Waals surface area contributed by atoms with E-state index in [-0.39, 0.29) is 18.7 Å². The lowest BCUT2D eigenvalue weighted by atomic mass is 10.1. The van der Waals surface area contributed by atoms with Crippen molar-refractivity contribution in [3.05, 3.63) is 71.0 Å². The Kier molecular flexibility index (Phi) is 6.55. The molecule has 0 radical (unpaired) electrons. The first kappa shape index (κ1) is 18.0. The van der Waals surface area contributed by atoms with E-state index in [0.717, 1.165) is 11.6 Å². The van der Waals surface area contributed by atoms with Crippen molar-refractivity contribution in [2.45, 2.75) is 6.61 Å². The Balaban J connectivity index is 1.85. The Morgan fingerprint density at radius 2 is 1.92 bits per heavy atom. The summed E-state index contributed by atoms with van der Waals surface area (Å²) >= 11 is 0. The fraction of sp³-hybridized carbons (Fsp3) is 0.158. The van der Waals surface area contributed by atoms with Crippen LogP contribution in [0.5, 0.6) is 0 Å². The van der Waals surface area contributed by atoms with Crippen molar-refractivity contribution in [2.75, 3.05) is 13.7 Å². The molecule has 5 nitrogen and oxygen atoms in total. The topological polar surface area (TPSA) is 64.6 Å². The number of methoxy groups -OCH3 is 1. The molecule has 25 heavy (non-hydrogen) atoms. The Labute approximate surface area is 144 Å². The number of carbonyl (C=O) groups is 2. The summed E-state index contributed by atoms with van der Waals surface area (Å²) in [5, 5.41) is 2.47. The van der Waals surface area contributed by atoms with Crippen LogP contribution in [-0.4, -0.2) is 25.7 Å². The highest BCUT2D eigenvalue weighted by Crippen LogP contribution is 2.09. The smallest absolute Gasteiger partial charge is 0.408 e. The molecule has 0 bridgehead atoms. The van der Waals surface area contributed by atoms with E-state index >= 15 is 0 Å². The monoisotopic (exact) mass is 341 g/mol. The molecule has 0 aliphatic rings. The van der Waals surface area contributed by atoms with E-state index in [9.17, 15) is 14.0 Å². The van der Waals surface area contributed by atoms with Crippen molar-refractivity contribution in [2.24, 2.45) is 0 Å². The molecule has 0 spiro atoms. The second-order valence-electron chi connectivity index (χ2n) is 4.94. The normalized spacial score (nSPS) is 9.52. The second kappa shape index (κ2) is 9.08. The Morgan fingerprint density at radius 1 is 1.16 bits per heavy atom.